The third-order valence-corrected chi connectivity index (χ3v) is 9.76. The zero-order valence-corrected chi connectivity index (χ0v) is 22.8. The Labute approximate surface area is 226 Å². The molecule has 1 aliphatic heterocycles. The zero-order valence-electron chi connectivity index (χ0n) is 21.1. The Bertz CT molecular complexity index is 1590. The lowest BCUT2D eigenvalue weighted by Crippen LogP contribution is -2.51. The van der Waals surface area contributed by atoms with E-state index in [9.17, 15) is 18.0 Å². The van der Waals surface area contributed by atoms with Crippen molar-refractivity contribution in [1.29, 1.82) is 0 Å². The number of sulfonamides is 1. The molecule has 2 N–H and O–H groups in total. The van der Waals surface area contributed by atoms with Crippen molar-refractivity contribution in [3.05, 3.63) is 77.9 Å². The van der Waals surface area contributed by atoms with E-state index in [0.717, 1.165) is 26.4 Å². The fourth-order valence-corrected chi connectivity index (χ4v) is 7.41. The maximum absolute atomic E-state index is 13.6. The number of thiophene rings is 1. The number of nitrogens with zero attached hydrogens (tertiary/aromatic N) is 2. The Morgan fingerprint density at radius 1 is 0.895 bits per heavy atom. The number of carbonyl (C=O) groups is 2. The summed E-state index contributed by atoms with van der Waals surface area (Å²) in [7, 11) is -3.49. The highest BCUT2D eigenvalue weighted by atomic mass is 32.2. The number of piperazine rings is 1. The summed E-state index contributed by atoms with van der Waals surface area (Å²) in [6.07, 6.45) is 0.429. The number of fused-ring (bicyclic) bond motifs is 2. The van der Waals surface area contributed by atoms with Crippen LogP contribution in [0.2, 0.25) is 0 Å². The second kappa shape index (κ2) is 11.1. The van der Waals surface area contributed by atoms with Crippen molar-refractivity contribution >= 4 is 59.2 Å². The lowest BCUT2D eigenvalue weighted by atomic mass is 10.0. The van der Waals surface area contributed by atoms with E-state index in [2.05, 4.69) is 10.6 Å². The van der Waals surface area contributed by atoms with Crippen LogP contribution in [0.4, 0.5) is 9.80 Å². The Kier molecular flexibility index (Phi) is 7.64. The van der Waals surface area contributed by atoms with Crippen molar-refractivity contribution in [2.24, 2.45) is 0 Å². The maximum atomic E-state index is 13.6. The lowest BCUT2D eigenvalue weighted by Gasteiger charge is -2.34. The van der Waals surface area contributed by atoms with Crippen LogP contribution < -0.4 is 10.6 Å². The van der Waals surface area contributed by atoms with E-state index < -0.39 is 10.0 Å². The molecule has 8 nitrogen and oxygen atoms in total. The summed E-state index contributed by atoms with van der Waals surface area (Å²) in [5.41, 5.74) is 1.46. The van der Waals surface area contributed by atoms with Gasteiger partial charge in [0, 0.05) is 42.8 Å². The lowest BCUT2D eigenvalue weighted by molar-refractivity contribution is 0.0701. The van der Waals surface area contributed by atoms with Crippen LogP contribution in [0.5, 0.6) is 0 Å². The van der Waals surface area contributed by atoms with Gasteiger partial charge in [-0.05, 0) is 35.7 Å². The van der Waals surface area contributed by atoms with Gasteiger partial charge >= 0.3 is 6.03 Å². The SMILES string of the molecule is CCNC(=O)Nc1sc2ccccc2c1C(=O)N1CCN(S(=O)(=O)CCc2cccc3ccccc23)CC1. The third-order valence-electron chi connectivity index (χ3n) is 6.80. The predicted molar refractivity (Wildman–Crippen MR) is 153 cm³/mol. The van der Waals surface area contributed by atoms with Crippen LogP contribution in [0.15, 0.2) is 66.7 Å². The molecular formula is C28H30N4O4S2. The molecule has 5 rings (SSSR count). The molecule has 10 heteroatoms. The molecule has 3 amide bonds. The monoisotopic (exact) mass is 550 g/mol. The number of amides is 3. The van der Waals surface area contributed by atoms with Crippen molar-refractivity contribution in [3.8, 4) is 0 Å². The van der Waals surface area contributed by atoms with E-state index >= 15 is 0 Å². The smallest absolute Gasteiger partial charge is 0.319 e. The summed E-state index contributed by atoms with van der Waals surface area (Å²) in [5.74, 6) is -0.188. The van der Waals surface area contributed by atoms with Crippen molar-refractivity contribution in [1.82, 2.24) is 14.5 Å². The highest BCUT2D eigenvalue weighted by molar-refractivity contribution is 7.89. The molecule has 1 fully saturated rings. The van der Waals surface area contributed by atoms with E-state index in [1.165, 1.54) is 15.6 Å². The number of hydrogen-bond donors (Lipinski definition) is 2. The van der Waals surface area contributed by atoms with Crippen LogP contribution >= 0.6 is 11.3 Å². The molecular weight excluding hydrogens is 520 g/mol. The van der Waals surface area contributed by atoms with Crippen molar-refractivity contribution in [2.45, 2.75) is 13.3 Å². The molecule has 0 saturated carbocycles. The van der Waals surface area contributed by atoms with Gasteiger partial charge in [0.05, 0.1) is 11.3 Å². The number of urea groups is 1. The average molecular weight is 551 g/mol. The Morgan fingerprint density at radius 2 is 1.58 bits per heavy atom. The number of carbonyl (C=O) groups excluding carboxylic acids is 2. The maximum Gasteiger partial charge on any atom is 0.319 e. The topological polar surface area (TPSA) is 98.8 Å². The molecule has 38 heavy (non-hydrogen) atoms. The molecule has 0 bridgehead atoms. The summed E-state index contributed by atoms with van der Waals surface area (Å²) < 4.78 is 28.8. The van der Waals surface area contributed by atoms with E-state index in [0.29, 0.717) is 23.5 Å². The number of benzene rings is 3. The molecule has 1 saturated heterocycles. The van der Waals surface area contributed by atoms with Crippen molar-refractivity contribution < 1.29 is 18.0 Å². The van der Waals surface area contributed by atoms with Crippen LogP contribution in [-0.4, -0.2) is 68.0 Å². The predicted octanol–water partition coefficient (Wildman–Crippen LogP) is 4.53. The molecule has 3 aromatic carbocycles. The fraction of sp³-hybridized carbons (Fsp3) is 0.286. The van der Waals surface area contributed by atoms with Crippen LogP contribution in [0.3, 0.4) is 0 Å². The molecule has 1 aromatic heterocycles. The number of hydrogen-bond acceptors (Lipinski definition) is 5. The van der Waals surface area contributed by atoms with Crippen molar-refractivity contribution in [2.75, 3.05) is 43.8 Å². The number of anilines is 1. The van der Waals surface area contributed by atoms with Crippen molar-refractivity contribution in [3.63, 3.8) is 0 Å². The first-order chi connectivity index (χ1) is 18.4. The van der Waals surface area contributed by atoms with Gasteiger partial charge in [-0.3, -0.25) is 10.1 Å². The summed E-state index contributed by atoms with van der Waals surface area (Å²) in [6.45, 7) is 3.35. The average Bonchev–Trinajstić information content (AvgIpc) is 3.29. The van der Waals surface area contributed by atoms with E-state index in [-0.39, 0.29) is 43.9 Å². The summed E-state index contributed by atoms with van der Waals surface area (Å²) >= 11 is 1.35. The Balaban J connectivity index is 1.27. The largest absolute Gasteiger partial charge is 0.338 e. The van der Waals surface area contributed by atoms with Gasteiger partial charge in [-0.25, -0.2) is 13.2 Å². The second-order valence-corrected chi connectivity index (χ2v) is 12.3. The number of rotatable bonds is 7. The number of nitrogens with one attached hydrogen (secondary N) is 2. The van der Waals surface area contributed by atoms with Gasteiger partial charge in [0.25, 0.3) is 5.91 Å². The molecule has 0 spiro atoms. The fourth-order valence-electron chi connectivity index (χ4n) is 4.86. The summed E-state index contributed by atoms with van der Waals surface area (Å²) in [4.78, 5) is 27.5. The first-order valence-corrected chi connectivity index (χ1v) is 15.1. The number of aryl methyl sites for hydroxylation is 1. The van der Waals surface area contributed by atoms with Gasteiger partial charge in [-0.15, -0.1) is 11.3 Å². The third kappa shape index (κ3) is 5.38. The van der Waals surface area contributed by atoms with Gasteiger partial charge in [0.1, 0.15) is 5.00 Å². The van der Waals surface area contributed by atoms with E-state index in [1.54, 1.807) is 4.90 Å². The summed E-state index contributed by atoms with van der Waals surface area (Å²) in [6, 6.07) is 21.1. The minimum Gasteiger partial charge on any atom is -0.338 e. The molecule has 4 aromatic rings. The molecule has 198 valence electrons. The van der Waals surface area contributed by atoms with E-state index in [4.69, 9.17) is 0 Å². The van der Waals surface area contributed by atoms with Crippen LogP contribution in [0.1, 0.15) is 22.8 Å². The van der Waals surface area contributed by atoms with Crippen LogP contribution in [-0.2, 0) is 16.4 Å². The van der Waals surface area contributed by atoms with Gasteiger partial charge in [-0.2, -0.15) is 4.31 Å². The first-order valence-electron chi connectivity index (χ1n) is 12.7. The standard InChI is InChI=1S/C28H30N4O4S2/c1-2-29-28(34)30-26-25(23-12-5-6-13-24(23)37-26)27(33)31-15-17-32(18-16-31)38(35,36)19-14-21-10-7-9-20-8-3-4-11-22(20)21/h3-13H,2,14-19H2,1H3,(H2,29,30,34). The molecule has 0 radical (unpaired) electrons. The summed E-state index contributed by atoms with van der Waals surface area (Å²) in [5, 5.41) is 8.95. The Morgan fingerprint density at radius 3 is 2.34 bits per heavy atom. The minimum atomic E-state index is -3.49. The minimum absolute atomic E-state index is 0.0186. The van der Waals surface area contributed by atoms with Gasteiger partial charge in [-0.1, -0.05) is 60.7 Å². The van der Waals surface area contributed by atoms with Crippen LogP contribution in [0, 0.1) is 0 Å². The molecule has 0 atom stereocenters. The first kappa shape index (κ1) is 26.1. The van der Waals surface area contributed by atoms with Crippen LogP contribution in [0.25, 0.3) is 20.9 Å². The normalized spacial score (nSPS) is 14.6. The van der Waals surface area contributed by atoms with Gasteiger partial charge in [0.2, 0.25) is 10.0 Å². The quantitative estimate of drug-likeness (QED) is 0.353. The Hall–Kier alpha value is -3.47. The zero-order chi connectivity index (χ0) is 26.7. The molecule has 0 unspecified atom stereocenters. The molecule has 2 heterocycles. The second-order valence-electron chi connectivity index (χ2n) is 9.18. The van der Waals surface area contributed by atoms with Gasteiger partial charge < -0.3 is 10.2 Å². The highest BCUT2D eigenvalue weighted by Crippen LogP contribution is 2.36. The van der Waals surface area contributed by atoms with Gasteiger partial charge in [0.15, 0.2) is 0 Å². The molecule has 0 aliphatic carbocycles. The van der Waals surface area contributed by atoms with E-state index in [1.807, 2.05) is 73.7 Å². The molecule has 1 aliphatic rings. The highest BCUT2D eigenvalue weighted by Gasteiger charge is 2.31.